The number of rotatable bonds is 3. The fourth-order valence-corrected chi connectivity index (χ4v) is 1.42. The average Bonchev–Trinajstić information content (AvgIpc) is 2.67. The lowest BCUT2D eigenvalue weighted by Gasteiger charge is -2.09. The van der Waals surface area contributed by atoms with Crippen molar-refractivity contribution >= 4 is 5.82 Å². The van der Waals surface area contributed by atoms with Crippen molar-refractivity contribution in [3.8, 4) is 0 Å². The lowest BCUT2D eigenvalue weighted by Crippen LogP contribution is -2.21. The van der Waals surface area contributed by atoms with Crippen LogP contribution in [0.1, 0.15) is 12.8 Å². The Morgan fingerprint density at radius 3 is 3.36 bits per heavy atom. The van der Waals surface area contributed by atoms with Crippen molar-refractivity contribution in [1.29, 1.82) is 0 Å². The quantitative estimate of drug-likeness (QED) is 0.697. The summed E-state index contributed by atoms with van der Waals surface area (Å²) in [5.74, 6) is 0.490. The third-order valence-electron chi connectivity index (χ3n) is 2.10. The van der Waals surface area contributed by atoms with E-state index in [2.05, 4.69) is 20.5 Å². The second-order valence-electron chi connectivity index (χ2n) is 3.19. The highest BCUT2D eigenvalue weighted by Gasteiger charge is 2.14. The van der Waals surface area contributed by atoms with Gasteiger partial charge in [0.15, 0.2) is 5.82 Å². The van der Waals surface area contributed by atoms with Crippen LogP contribution in [0.2, 0.25) is 0 Å². The standard InChI is InChI=1S/C8H12N4O2/c13-8-11-7(5-10-12-8)9-4-6-2-1-3-14-6/h5-6H,1-4H2,(H2,9,11,12,13). The Balaban J connectivity index is 1.88. The SMILES string of the molecule is O=c1nc(NCC2CCCO2)cn[nH]1. The molecule has 2 N–H and O–H groups in total. The fraction of sp³-hybridized carbons (Fsp3) is 0.625. The van der Waals surface area contributed by atoms with E-state index >= 15 is 0 Å². The Morgan fingerprint density at radius 1 is 1.71 bits per heavy atom. The molecule has 1 aliphatic rings. The molecule has 0 radical (unpaired) electrons. The van der Waals surface area contributed by atoms with Crippen LogP contribution in [-0.2, 0) is 4.74 Å². The summed E-state index contributed by atoms with van der Waals surface area (Å²) in [5, 5.41) is 8.85. The number of aromatic nitrogens is 3. The third kappa shape index (κ3) is 2.29. The summed E-state index contributed by atoms with van der Waals surface area (Å²) in [6.45, 7) is 1.51. The molecule has 6 nitrogen and oxygen atoms in total. The van der Waals surface area contributed by atoms with Crippen molar-refractivity contribution in [2.75, 3.05) is 18.5 Å². The van der Waals surface area contributed by atoms with Crippen LogP contribution >= 0.6 is 0 Å². The first-order valence-electron chi connectivity index (χ1n) is 4.62. The molecule has 1 saturated heterocycles. The number of ether oxygens (including phenoxy) is 1. The molecule has 2 rings (SSSR count). The van der Waals surface area contributed by atoms with Gasteiger partial charge in [0.05, 0.1) is 12.3 Å². The van der Waals surface area contributed by atoms with Gasteiger partial charge >= 0.3 is 5.69 Å². The Labute approximate surface area is 80.7 Å². The summed E-state index contributed by atoms with van der Waals surface area (Å²) >= 11 is 0. The molecule has 1 atom stereocenters. The molecule has 14 heavy (non-hydrogen) atoms. The molecule has 0 saturated carbocycles. The smallest absolute Gasteiger partial charge is 0.363 e. The van der Waals surface area contributed by atoms with E-state index in [0.29, 0.717) is 12.4 Å². The summed E-state index contributed by atoms with van der Waals surface area (Å²) in [6.07, 6.45) is 3.88. The Bertz CT molecular complexity index is 345. The molecule has 1 aliphatic heterocycles. The van der Waals surface area contributed by atoms with Crippen molar-refractivity contribution in [2.45, 2.75) is 18.9 Å². The van der Waals surface area contributed by atoms with Crippen molar-refractivity contribution in [3.63, 3.8) is 0 Å². The minimum absolute atomic E-state index is 0.232. The Hall–Kier alpha value is -1.43. The lowest BCUT2D eigenvalue weighted by molar-refractivity contribution is 0.120. The van der Waals surface area contributed by atoms with Gasteiger partial charge < -0.3 is 10.1 Å². The number of nitrogens with zero attached hydrogens (tertiary/aromatic N) is 2. The molecule has 0 aromatic carbocycles. The highest BCUT2D eigenvalue weighted by molar-refractivity contribution is 5.28. The molecule has 1 aromatic heterocycles. The van der Waals surface area contributed by atoms with Gasteiger partial charge in [-0.1, -0.05) is 0 Å². The summed E-state index contributed by atoms with van der Waals surface area (Å²) in [5.41, 5.74) is -0.442. The predicted molar refractivity (Wildman–Crippen MR) is 50.1 cm³/mol. The van der Waals surface area contributed by atoms with Crippen LogP contribution < -0.4 is 11.0 Å². The van der Waals surface area contributed by atoms with E-state index in [9.17, 15) is 4.79 Å². The zero-order chi connectivity index (χ0) is 9.80. The topological polar surface area (TPSA) is 79.9 Å². The number of nitrogens with one attached hydrogen (secondary N) is 2. The molecule has 2 heterocycles. The minimum atomic E-state index is -0.442. The molecule has 1 fully saturated rings. The molecule has 76 valence electrons. The van der Waals surface area contributed by atoms with Crippen LogP contribution in [0.3, 0.4) is 0 Å². The van der Waals surface area contributed by atoms with Gasteiger partial charge in [-0.15, -0.1) is 0 Å². The van der Waals surface area contributed by atoms with Gasteiger partial charge in [0, 0.05) is 13.2 Å². The predicted octanol–water partition coefficient (Wildman–Crippen LogP) is -0.244. The van der Waals surface area contributed by atoms with E-state index < -0.39 is 5.69 Å². The van der Waals surface area contributed by atoms with E-state index in [-0.39, 0.29) is 6.10 Å². The lowest BCUT2D eigenvalue weighted by atomic mass is 10.2. The van der Waals surface area contributed by atoms with Gasteiger partial charge in [0.1, 0.15) is 0 Å². The Kier molecular flexibility index (Phi) is 2.73. The van der Waals surface area contributed by atoms with E-state index in [1.54, 1.807) is 0 Å². The molecule has 0 bridgehead atoms. The minimum Gasteiger partial charge on any atom is -0.376 e. The van der Waals surface area contributed by atoms with Crippen molar-refractivity contribution in [2.24, 2.45) is 0 Å². The summed E-state index contributed by atoms with van der Waals surface area (Å²) in [6, 6.07) is 0. The van der Waals surface area contributed by atoms with Gasteiger partial charge in [0.25, 0.3) is 0 Å². The van der Waals surface area contributed by atoms with Crippen LogP contribution in [0.4, 0.5) is 5.82 Å². The molecular formula is C8H12N4O2. The molecule has 6 heteroatoms. The zero-order valence-corrected chi connectivity index (χ0v) is 7.69. The first kappa shape index (κ1) is 9.14. The fourth-order valence-electron chi connectivity index (χ4n) is 1.42. The van der Waals surface area contributed by atoms with Crippen LogP contribution in [0.15, 0.2) is 11.0 Å². The number of H-pyrrole nitrogens is 1. The third-order valence-corrected chi connectivity index (χ3v) is 2.10. The molecule has 1 unspecified atom stereocenters. The summed E-state index contributed by atoms with van der Waals surface area (Å²) in [4.78, 5) is 14.5. The van der Waals surface area contributed by atoms with Gasteiger partial charge in [-0.05, 0) is 12.8 Å². The van der Waals surface area contributed by atoms with Crippen molar-refractivity contribution < 1.29 is 4.74 Å². The largest absolute Gasteiger partial charge is 0.376 e. The van der Waals surface area contributed by atoms with Crippen LogP contribution in [-0.4, -0.2) is 34.4 Å². The number of hydrogen-bond acceptors (Lipinski definition) is 5. The van der Waals surface area contributed by atoms with Crippen LogP contribution in [0.25, 0.3) is 0 Å². The van der Waals surface area contributed by atoms with Crippen molar-refractivity contribution in [3.05, 3.63) is 16.7 Å². The molecule has 1 aromatic rings. The highest BCUT2D eigenvalue weighted by Crippen LogP contribution is 2.11. The first-order chi connectivity index (χ1) is 6.84. The van der Waals surface area contributed by atoms with E-state index in [1.807, 2.05) is 0 Å². The molecule has 0 aliphatic carbocycles. The zero-order valence-electron chi connectivity index (χ0n) is 7.69. The van der Waals surface area contributed by atoms with Gasteiger partial charge in [-0.2, -0.15) is 10.1 Å². The summed E-state index contributed by atoms with van der Waals surface area (Å²) < 4.78 is 5.41. The monoisotopic (exact) mass is 196 g/mol. The van der Waals surface area contributed by atoms with E-state index in [4.69, 9.17) is 4.74 Å². The maximum Gasteiger partial charge on any atom is 0.363 e. The molecule has 0 spiro atoms. The number of hydrogen-bond donors (Lipinski definition) is 2. The average molecular weight is 196 g/mol. The normalized spacial score (nSPS) is 21.0. The number of aromatic amines is 1. The first-order valence-corrected chi connectivity index (χ1v) is 4.62. The molecular weight excluding hydrogens is 184 g/mol. The van der Waals surface area contributed by atoms with Gasteiger partial charge in [-0.3, -0.25) is 0 Å². The Morgan fingerprint density at radius 2 is 2.64 bits per heavy atom. The second-order valence-corrected chi connectivity index (χ2v) is 3.19. The highest BCUT2D eigenvalue weighted by atomic mass is 16.5. The number of anilines is 1. The second kappa shape index (κ2) is 4.19. The van der Waals surface area contributed by atoms with Gasteiger partial charge in [0.2, 0.25) is 0 Å². The van der Waals surface area contributed by atoms with E-state index in [1.165, 1.54) is 6.20 Å². The van der Waals surface area contributed by atoms with Crippen LogP contribution in [0.5, 0.6) is 0 Å². The van der Waals surface area contributed by atoms with Crippen molar-refractivity contribution in [1.82, 2.24) is 15.2 Å². The van der Waals surface area contributed by atoms with Gasteiger partial charge in [-0.25, -0.2) is 9.89 Å². The van der Waals surface area contributed by atoms with Crippen LogP contribution in [0, 0.1) is 0 Å². The maximum absolute atomic E-state index is 10.8. The maximum atomic E-state index is 10.8. The molecule has 0 amide bonds. The summed E-state index contributed by atoms with van der Waals surface area (Å²) in [7, 11) is 0. The van der Waals surface area contributed by atoms with E-state index in [0.717, 1.165) is 19.4 Å².